The van der Waals surface area contributed by atoms with Gasteiger partial charge in [0, 0.05) is 12.0 Å². The van der Waals surface area contributed by atoms with E-state index < -0.39 is 52.4 Å². The van der Waals surface area contributed by atoms with Crippen LogP contribution in [0.3, 0.4) is 0 Å². The van der Waals surface area contributed by atoms with E-state index in [4.69, 9.17) is 10.8 Å². The minimum absolute atomic E-state index is 0.584. The van der Waals surface area contributed by atoms with Crippen LogP contribution in [0.1, 0.15) is 5.56 Å². The van der Waals surface area contributed by atoms with Gasteiger partial charge in [-0.15, -0.1) is 22.4 Å². The maximum Gasteiger partial charge on any atom is 0.320 e. The fourth-order valence-corrected chi connectivity index (χ4v) is 1.81. The zero-order valence-electron chi connectivity index (χ0n) is 10.6. The fourth-order valence-electron chi connectivity index (χ4n) is 1.81. The van der Waals surface area contributed by atoms with Crippen molar-refractivity contribution in [3.05, 3.63) is 5.56 Å². The van der Waals surface area contributed by atoms with Gasteiger partial charge in [0.25, 0.3) is 0 Å². The monoisotopic (exact) mass is 330 g/mol. The number of carboxylic acids is 1. The molecule has 1 aromatic rings. The molecule has 0 bridgehead atoms. The second kappa shape index (κ2) is 7.35. The van der Waals surface area contributed by atoms with Gasteiger partial charge in [-0.2, -0.15) is 0 Å². The van der Waals surface area contributed by atoms with E-state index in [1.165, 1.54) is 0 Å². The first-order chi connectivity index (χ1) is 10.5. The summed E-state index contributed by atoms with van der Waals surface area (Å²) in [5.74, 6) is -1.54. The number of halogens is 5. The first-order valence-electron chi connectivity index (χ1n) is 5.51. The highest BCUT2D eigenvalue weighted by Gasteiger charge is 2.28. The van der Waals surface area contributed by atoms with Crippen LogP contribution in [0.15, 0.2) is 0 Å². The van der Waals surface area contributed by atoms with Crippen molar-refractivity contribution in [3.8, 4) is 0 Å². The number of carbonyl (C=O) groups is 1. The summed E-state index contributed by atoms with van der Waals surface area (Å²) in [4.78, 5) is 10.7. The Kier molecular flexibility index (Phi) is 5.80. The molecule has 1 rings (SSSR count). The lowest BCUT2D eigenvalue weighted by molar-refractivity contribution is -0.138. The van der Waals surface area contributed by atoms with Gasteiger partial charge in [-0.05, 0) is 0 Å². The molecule has 0 amide bonds. The summed E-state index contributed by atoms with van der Waals surface area (Å²) >= 11 is 0. The number of hydrogen-bond donors (Lipinski definition) is 7. The van der Waals surface area contributed by atoms with E-state index >= 15 is 0 Å². The van der Waals surface area contributed by atoms with Gasteiger partial charge in [-0.1, -0.05) is 0 Å². The van der Waals surface area contributed by atoms with Gasteiger partial charge in [0.15, 0.2) is 0 Å². The summed E-state index contributed by atoms with van der Waals surface area (Å²) in [6, 6.07) is -1.65. The Labute approximate surface area is 119 Å². The molecule has 0 aliphatic rings. The average Bonchev–Trinajstić information content (AvgIpc) is 2.52. The minimum Gasteiger partial charge on any atom is -0.480 e. The van der Waals surface area contributed by atoms with Gasteiger partial charge in [-0.3, -0.25) is 4.79 Å². The SMILES string of the molecule is NC(Cc1c(NF)c(NF)c(NF)c(NF)c1NF)C(=O)O. The van der Waals surface area contributed by atoms with Crippen molar-refractivity contribution in [3.63, 3.8) is 0 Å². The van der Waals surface area contributed by atoms with Gasteiger partial charge in [0.05, 0.1) is 11.4 Å². The minimum atomic E-state index is -1.65. The first kappa shape index (κ1) is 17.4. The molecule has 0 aliphatic carbocycles. The highest BCUT2D eigenvalue weighted by molar-refractivity contribution is 6.00. The first-order valence-corrected chi connectivity index (χ1v) is 5.51. The van der Waals surface area contributed by atoms with E-state index in [9.17, 15) is 27.2 Å². The van der Waals surface area contributed by atoms with Gasteiger partial charge in [0.2, 0.25) is 0 Å². The number of carboxylic acid groups (broad SMARTS) is 1. The van der Waals surface area contributed by atoms with Gasteiger partial charge in [-0.25, -0.2) is 27.7 Å². The lowest BCUT2D eigenvalue weighted by Crippen LogP contribution is -2.32. The standard InChI is InChI=1S/C9H11F5N6O2/c10-16-4-2(1-3(15)9(21)22)5(17-11)7(19-13)8(20-14)6(4)18-12/h3,16-20H,1,15H2,(H,21,22). The van der Waals surface area contributed by atoms with Crippen molar-refractivity contribution in [2.75, 3.05) is 27.7 Å². The smallest absolute Gasteiger partial charge is 0.320 e. The Balaban J connectivity index is 3.67. The van der Waals surface area contributed by atoms with E-state index in [0.717, 1.165) is 27.7 Å². The molecule has 1 aromatic carbocycles. The van der Waals surface area contributed by atoms with Crippen LogP contribution >= 0.6 is 0 Å². The molecule has 8 nitrogen and oxygen atoms in total. The second-order valence-electron chi connectivity index (χ2n) is 3.97. The maximum atomic E-state index is 12.9. The van der Waals surface area contributed by atoms with Crippen LogP contribution in [-0.2, 0) is 11.2 Å². The number of rotatable bonds is 8. The molecule has 0 spiro atoms. The average molecular weight is 330 g/mol. The number of anilines is 5. The van der Waals surface area contributed by atoms with Crippen LogP contribution in [0.5, 0.6) is 0 Å². The summed E-state index contributed by atoms with van der Waals surface area (Å²) in [5, 5.41) is 8.72. The number of benzene rings is 1. The Morgan fingerprint density at radius 2 is 1.18 bits per heavy atom. The molecule has 124 valence electrons. The zero-order chi connectivity index (χ0) is 16.9. The fraction of sp³-hybridized carbons (Fsp3) is 0.222. The van der Waals surface area contributed by atoms with Crippen molar-refractivity contribution in [1.29, 1.82) is 0 Å². The van der Waals surface area contributed by atoms with Crippen LogP contribution in [0, 0.1) is 0 Å². The Hall–Kier alpha value is -2.70. The number of nitrogens with one attached hydrogen (secondary N) is 5. The van der Waals surface area contributed by atoms with Crippen molar-refractivity contribution in [2.45, 2.75) is 12.5 Å². The molecule has 0 radical (unpaired) electrons. The van der Waals surface area contributed by atoms with Crippen LogP contribution < -0.4 is 33.4 Å². The maximum absolute atomic E-state index is 12.9. The summed E-state index contributed by atoms with van der Waals surface area (Å²) in [6.07, 6.45) is -0.732. The van der Waals surface area contributed by atoms with E-state index in [2.05, 4.69) is 0 Å². The van der Waals surface area contributed by atoms with Gasteiger partial charge < -0.3 is 10.8 Å². The number of nitrogens with two attached hydrogens (primary N) is 1. The summed E-state index contributed by atoms with van der Waals surface area (Å²) in [6.45, 7) is 0. The topological polar surface area (TPSA) is 123 Å². The van der Waals surface area contributed by atoms with Crippen molar-refractivity contribution < 1.29 is 32.3 Å². The van der Waals surface area contributed by atoms with Crippen LogP contribution in [0.25, 0.3) is 0 Å². The molecule has 0 saturated heterocycles. The Bertz CT molecular complexity index is 527. The van der Waals surface area contributed by atoms with Crippen LogP contribution in [-0.4, -0.2) is 17.1 Å². The second-order valence-corrected chi connectivity index (χ2v) is 3.97. The van der Waals surface area contributed by atoms with E-state index in [1.54, 1.807) is 0 Å². The van der Waals surface area contributed by atoms with Crippen molar-refractivity contribution in [2.24, 2.45) is 5.73 Å². The van der Waals surface area contributed by atoms with E-state index in [1.807, 2.05) is 0 Å². The molecule has 0 saturated carbocycles. The van der Waals surface area contributed by atoms with Crippen LogP contribution in [0.2, 0.25) is 0 Å². The van der Waals surface area contributed by atoms with Crippen molar-refractivity contribution in [1.82, 2.24) is 0 Å². The van der Waals surface area contributed by atoms with E-state index in [0.29, 0.717) is 0 Å². The quantitative estimate of drug-likeness (QED) is 0.286. The lowest BCUT2D eigenvalue weighted by atomic mass is 9.99. The highest BCUT2D eigenvalue weighted by atomic mass is 19.2. The molecule has 0 aliphatic heterocycles. The molecule has 0 fully saturated rings. The molecule has 0 heterocycles. The summed E-state index contributed by atoms with van der Waals surface area (Å²) < 4.78 is 64.0. The predicted octanol–water partition coefficient (Wildman–Crippen LogP) is 2.12. The summed E-state index contributed by atoms with van der Waals surface area (Å²) in [7, 11) is 0. The third-order valence-corrected chi connectivity index (χ3v) is 2.82. The van der Waals surface area contributed by atoms with Gasteiger partial charge >= 0.3 is 5.97 Å². The molecule has 22 heavy (non-hydrogen) atoms. The molecule has 8 N–H and O–H groups in total. The molecular weight excluding hydrogens is 319 g/mol. The Morgan fingerprint density at radius 1 is 0.864 bits per heavy atom. The largest absolute Gasteiger partial charge is 0.480 e. The number of aliphatic carboxylic acids is 1. The normalized spacial score (nSPS) is 11.5. The molecular formula is C9H11F5N6O2. The lowest BCUT2D eigenvalue weighted by Gasteiger charge is -2.21. The zero-order valence-corrected chi connectivity index (χ0v) is 10.6. The third kappa shape index (κ3) is 2.98. The van der Waals surface area contributed by atoms with E-state index in [-0.39, 0.29) is 0 Å². The summed E-state index contributed by atoms with van der Waals surface area (Å²) in [5.41, 5.74) is 4.44. The van der Waals surface area contributed by atoms with Crippen LogP contribution in [0.4, 0.5) is 50.8 Å². The van der Waals surface area contributed by atoms with Gasteiger partial charge in [0.1, 0.15) is 23.1 Å². The predicted molar refractivity (Wildman–Crippen MR) is 69.4 cm³/mol. The molecule has 13 heteroatoms. The molecule has 1 atom stereocenters. The third-order valence-electron chi connectivity index (χ3n) is 2.82. The molecule has 0 aromatic heterocycles. The Morgan fingerprint density at radius 3 is 1.45 bits per heavy atom. The van der Waals surface area contributed by atoms with Crippen molar-refractivity contribution >= 4 is 34.4 Å². The number of hydrogen-bond acceptors (Lipinski definition) is 7. The molecule has 1 unspecified atom stereocenters. The highest BCUT2D eigenvalue weighted by Crippen LogP contribution is 2.47.